The van der Waals surface area contributed by atoms with Gasteiger partial charge in [0.25, 0.3) is 11.5 Å². The molecule has 5 aromatic heterocycles. The van der Waals surface area contributed by atoms with Gasteiger partial charge >= 0.3 is 0 Å². The smallest absolute Gasteiger partial charge is 0.283 e. The molecule has 0 spiro atoms. The number of hydrogen-bond donors (Lipinski definition) is 1. The van der Waals surface area contributed by atoms with Crippen molar-refractivity contribution in [3.8, 4) is 11.3 Å². The first-order valence-electron chi connectivity index (χ1n) is 11.3. The second-order valence-electron chi connectivity index (χ2n) is 8.43. The Labute approximate surface area is 229 Å². The van der Waals surface area contributed by atoms with E-state index in [1.165, 1.54) is 56.9 Å². The van der Waals surface area contributed by atoms with Gasteiger partial charge in [-0.3, -0.25) is 19.0 Å². The highest BCUT2D eigenvalue weighted by atomic mass is 35.5. The predicted molar refractivity (Wildman–Crippen MR) is 148 cm³/mol. The van der Waals surface area contributed by atoms with Gasteiger partial charge in [-0.1, -0.05) is 11.6 Å². The van der Waals surface area contributed by atoms with Gasteiger partial charge in [-0.15, -0.1) is 11.3 Å². The number of furan rings is 1. The monoisotopic (exact) mass is 568 g/mol. The van der Waals surface area contributed by atoms with Crippen molar-refractivity contribution in [2.75, 3.05) is 24.3 Å². The molecule has 0 radical (unpaired) electrons. The Hall–Kier alpha value is -4.00. The highest BCUT2D eigenvalue weighted by Gasteiger charge is 2.22. The molecular weight excluding hydrogens is 548 g/mol. The van der Waals surface area contributed by atoms with E-state index in [0.717, 1.165) is 4.88 Å². The molecule has 194 valence electrons. The standard InChI is InChI=1S/C25H21ClN6O4S2/c1-30(2)23-6-4-18(25(35)31(23)12-20(33)16-10-28-37-14-16)19-9-22(27-11-17-3-5-21(26)38-17)32(29-19)24(34)15-7-8-36-13-15/h3-10,13-14,27H,11-12H2,1-2H3. The molecular formula is C25H21ClN6O4S2. The minimum absolute atomic E-state index is 0.169. The number of hydrogen-bond acceptors (Lipinski definition) is 10. The number of carbonyl (C=O) groups excluding carboxylic acids is 2. The number of halogens is 1. The van der Waals surface area contributed by atoms with Crippen LogP contribution in [0.25, 0.3) is 11.3 Å². The Morgan fingerprint density at radius 2 is 2.00 bits per heavy atom. The van der Waals surface area contributed by atoms with Gasteiger partial charge in [0.15, 0.2) is 5.78 Å². The summed E-state index contributed by atoms with van der Waals surface area (Å²) in [6.45, 7) is 0.228. The summed E-state index contributed by atoms with van der Waals surface area (Å²) >= 11 is 8.64. The quantitative estimate of drug-likeness (QED) is 0.254. The van der Waals surface area contributed by atoms with Gasteiger partial charge in [0.1, 0.15) is 23.6 Å². The molecule has 0 bridgehead atoms. The van der Waals surface area contributed by atoms with Gasteiger partial charge in [-0.25, -0.2) is 4.37 Å². The van der Waals surface area contributed by atoms with Crippen molar-refractivity contribution in [1.29, 1.82) is 0 Å². The van der Waals surface area contributed by atoms with Crippen molar-refractivity contribution in [1.82, 2.24) is 18.7 Å². The number of nitrogens with one attached hydrogen (secondary N) is 1. The molecule has 38 heavy (non-hydrogen) atoms. The molecule has 5 aromatic rings. The number of nitrogens with zero attached hydrogens (tertiary/aromatic N) is 5. The third kappa shape index (κ3) is 5.19. The molecule has 0 fully saturated rings. The lowest BCUT2D eigenvalue weighted by molar-refractivity contribution is 0.0945. The van der Waals surface area contributed by atoms with Crippen LogP contribution in [-0.4, -0.2) is 44.5 Å². The molecule has 5 rings (SSSR count). The summed E-state index contributed by atoms with van der Waals surface area (Å²) in [7, 11) is 3.58. The summed E-state index contributed by atoms with van der Waals surface area (Å²) in [5, 5.41) is 9.34. The number of anilines is 2. The van der Waals surface area contributed by atoms with E-state index < -0.39 is 11.5 Å². The number of pyridine rings is 1. The Morgan fingerprint density at radius 3 is 2.66 bits per heavy atom. The number of aromatic nitrogens is 4. The van der Waals surface area contributed by atoms with Crippen LogP contribution in [-0.2, 0) is 13.1 Å². The average molecular weight is 569 g/mol. The summed E-state index contributed by atoms with van der Waals surface area (Å²) in [5.74, 6) is 0.275. The zero-order valence-corrected chi connectivity index (χ0v) is 22.6. The number of ketones is 1. The van der Waals surface area contributed by atoms with Crippen molar-refractivity contribution in [2.45, 2.75) is 13.1 Å². The lowest BCUT2D eigenvalue weighted by Crippen LogP contribution is -2.30. The van der Waals surface area contributed by atoms with Crippen molar-refractivity contribution in [2.24, 2.45) is 0 Å². The maximum Gasteiger partial charge on any atom is 0.283 e. The summed E-state index contributed by atoms with van der Waals surface area (Å²) in [6, 6.07) is 10.2. The maximum absolute atomic E-state index is 13.7. The van der Waals surface area contributed by atoms with E-state index in [1.807, 2.05) is 6.07 Å². The first-order valence-corrected chi connectivity index (χ1v) is 13.3. The average Bonchev–Trinajstić information content (AvgIpc) is 3.71. The van der Waals surface area contributed by atoms with Gasteiger partial charge in [0.2, 0.25) is 0 Å². The Morgan fingerprint density at radius 1 is 1.16 bits per heavy atom. The molecule has 0 amide bonds. The van der Waals surface area contributed by atoms with Crippen molar-refractivity contribution < 1.29 is 14.0 Å². The number of Topliss-reactive ketones (excluding diaryl/α,β-unsaturated/α-hetero) is 1. The molecule has 13 heteroatoms. The van der Waals surface area contributed by atoms with Crippen molar-refractivity contribution in [3.05, 3.63) is 91.2 Å². The first-order chi connectivity index (χ1) is 18.3. The number of rotatable bonds is 9. The van der Waals surface area contributed by atoms with E-state index in [1.54, 1.807) is 48.6 Å². The largest absolute Gasteiger partial charge is 0.472 e. The van der Waals surface area contributed by atoms with Crippen LogP contribution in [0.1, 0.15) is 25.6 Å². The fourth-order valence-corrected chi connectivity index (χ4v) is 5.38. The SMILES string of the molecule is CN(C)c1ccc(-c2cc(NCc3ccc(Cl)s3)n(C(=O)c3ccoc3)n2)c(=O)n1CC(=O)c1cnsc1. The molecule has 0 aliphatic heterocycles. The fourth-order valence-electron chi connectivity index (χ4n) is 3.81. The molecule has 0 aliphatic carbocycles. The number of thiophene rings is 1. The third-order valence-electron chi connectivity index (χ3n) is 5.68. The summed E-state index contributed by atoms with van der Waals surface area (Å²) in [4.78, 5) is 42.5. The Bertz CT molecular complexity index is 1650. The molecule has 0 aliphatic rings. The van der Waals surface area contributed by atoms with Crippen LogP contribution in [0.3, 0.4) is 0 Å². The predicted octanol–water partition coefficient (Wildman–Crippen LogP) is 4.73. The van der Waals surface area contributed by atoms with Gasteiger partial charge in [-0.2, -0.15) is 9.78 Å². The highest BCUT2D eigenvalue weighted by molar-refractivity contribution is 7.16. The minimum atomic E-state index is -0.429. The molecule has 10 nitrogen and oxygen atoms in total. The molecule has 0 saturated carbocycles. The van der Waals surface area contributed by atoms with E-state index >= 15 is 0 Å². The molecule has 0 aromatic carbocycles. The molecule has 1 N–H and O–H groups in total. The summed E-state index contributed by atoms with van der Waals surface area (Å²) in [5.41, 5.74) is 0.851. The third-order valence-corrected chi connectivity index (χ3v) is 7.50. The number of carbonyl (C=O) groups is 2. The van der Waals surface area contributed by atoms with Crippen LogP contribution >= 0.6 is 34.5 Å². The van der Waals surface area contributed by atoms with Crippen molar-refractivity contribution >= 4 is 57.8 Å². The van der Waals surface area contributed by atoms with Crippen LogP contribution in [0.5, 0.6) is 0 Å². The Balaban J connectivity index is 1.55. The first kappa shape index (κ1) is 25.6. The summed E-state index contributed by atoms with van der Waals surface area (Å²) < 4.78 is 12.3. The van der Waals surface area contributed by atoms with Crippen LogP contribution in [0.15, 0.2) is 69.7 Å². The maximum atomic E-state index is 13.7. The molecule has 0 atom stereocenters. The summed E-state index contributed by atoms with van der Waals surface area (Å²) in [6.07, 6.45) is 4.21. The van der Waals surface area contributed by atoms with Gasteiger partial charge in [-0.05, 0) is 41.9 Å². The van der Waals surface area contributed by atoms with E-state index in [0.29, 0.717) is 33.6 Å². The highest BCUT2D eigenvalue weighted by Crippen LogP contribution is 2.26. The van der Waals surface area contributed by atoms with E-state index in [9.17, 15) is 14.4 Å². The normalized spacial score (nSPS) is 11.0. The second kappa shape index (κ2) is 10.8. The molecule has 0 saturated heterocycles. The van der Waals surface area contributed by atoms with Crippen LogP contribution < -0.4 is 15.8 Å². The fraction of sp³-hybridized carbons (Fsp3) is 0.160. The molecule has 0 unspecified atom stereocenters. The lowest BCUT2D eigenvalue weighted by Gasteiger charge is -2.19. The van der Waals surface area contributed by atoms with Crippen LogP contribution in [0.4, 0.5) is 11.6 Å². The van der Waals surface area contributed by atoms with Crippen molar-refractivity contribution in [3.63, 3.8) is 0 Å². The van der Waals surface area contributed by atoms with Crippen LogP contribution in [0, 0.1) is 0 Å². The van der Waals surface area contributed by atoms with Gasteiger partial charge in [0, 0.05) is 30.4 Å². The Kier molecular flexibility index (Phi) is 7.27. The van der Waals surface area contributed by atoms with E-state index in [4.69, 9.17) is 16.0 Å². The second-order valence-corrected chi connectivity index (χ2v) is 10.9. The molecule has 5 heterocycles. The van der Waals surface area contributed by atoms with Crippen LogP contribution in [0.2, 0.25) is 4.34 Å². The van der Waals surface area contributed by atoms with E-state index in [-0.39, 0.29) is 23.6 Å². The topological polar surface area (TPSA) is 115 Å². The zero-order valence-electron chi connectivity index (χ0n) is 20.3. The van der Waals surface area contributed by atoms with Gasteiger partial charge < -0.3 is 14.6 Å². The van der Waals surface area contributed by atoms with E-state index in [2.05, 4.69) is 14.8 Å². The zero-order chi connectivity index (χ0) is 26.8. The lowest BCUT2D eigenvalue weighted by atomic mass is 10.1. The minimum Gasteiger partial charge on any atom is -0.472 e. The van der Waals surface area contributed by atoms with Gasteiger partial charge in [0.05, 0.1) is 46.6 Å².